The highest BCUT2D eigenvalue weighted by Crippen LogP contribution is 2.49. The second-order valence-corrected chi connectivity index (χ2v) is 18.3. The molecule has 0 spiro atoms. The molecule has 0 saturated heterocycles. The maximum Gasteiger partial charge on any atom is 0.0620 e. The Bertz CT molecular complexity index is 4510. The van der Waals surface area contributed by atoms with Crippen molar-refractivity contribution in [3.63, 3.8) is 0 Å². The largest absolute Gasteiger partial charge is 0.308 e. The first-order valence-electron chi connectivity index (χ1n) is 23.0. The fraction of sp³-hybridized carbons (Fsp3) is 0. The second kappa shape index (κ2) is 12.5. The number of hydrogen-bond acceptors (Lipinski definition) is 0. The zero-order valence-electron chi connectivity index (χ0n) is 35.7. The summed E-state index contributed by atoms with van der Waals surface area (Å²) in [7, 11) is 0. The van der Waals surface area contributed by atoms with Gasteiger partial charge in [0.15, 0.2) is 0 Å². The van der Waals surface area contributed by atoms with E-state index in [2.05, 4.69) is 227 Å². The lowest BCUT2D eigenvalue weighted by Gasteiger charge is -2.18. The standard InChI is InChI=1S/C64H36N2/c1-2-14-38-34-41-35-40(32-31-39(41)33-37(38)13-1)60-48-19-7-17-42(46-21-11-29-58-61(46)52-25-9-23-50-44-15-3-5-27-56(44)65(58)63(50)52)54(48)36-55-43(18-8-20-49(55)60)47-22-12-30-59-62(47)53-26-10-24-51-45-16-4-6-28-57(45)66(59)64(51)53/h1-36H. The number of rotatable bonds is 3. The van der Waals surface area contributed by atoms with Crippen LogP contribution in [0, 0.1) is 0 Å². The summed E-state index contributed by atoms with van der Waals surface area (Å²) < 4.78 is 4.99. The van der Waals surface area contributed by atoms with Crippen molar-refractivity contribution in [3.8, 4) is 33.4 Å². The van der Waals surface area contributed by atoms with Crippen LogP contribution in [0.3, 0.4) is 0 Å². The Labute approximate surface area is 378 Å². The Hall–Kier alpha value is -8.72. The quantitative estimate of drug-likeness (QED) is 0.157. The normalized spacial score (nSPS) is 12.5. The van der Waals surface area contributed by atoms with Crippen molar-refractivity contribution >= 4 is 119 Å². The van der Waals surface area contributed by atoms with Gasteiger partial charge in [-0.05, 0) is 125 Å². The molecule has 2 nitrogen and oxygen atoms in total. The van der Waals surface area contributed by atoms with Crippen molar-refractivity contribution in [3.05, 3.63) is 218 Å². The van der Waals surface area contributed by atoms with Crippen molar-refractivity contribution in [2.24, 2.45) is 0 Å². The Kier molecular flexibility index (Phi) is 6.58. The van der Waals surface area contributed by atoms with E-state index in [9.17, 15) is 0 Å². The van der Waals surface area contributed by atoms with Gasteiger partial charge < -0.3 is 8.80 Å². The summed E-state index contributed by atoms with van der Waals surface area (Å²) in [5.74, 6) is 0. The van der Waals surface area contributed by atoms with E-state index in [0.717, 1.165) is 0 Å². The fourth-order valence-corrected chi connectivity index (χ4v) is 12.5. The van der Waals surface area contributed by atoms with Crippen LogP contribution in [0.1, 0.15) is 0 Å². The summed E-state index contributed by atoms with van der Waals surface area (Å²) in [5, 5.41) is 20.4. The van der Waals surface area contributed by atoms with Gasteiger partial charge in [0.05, 0.1) is 33.1 Å². The molecule has 0 unspecified atom stereocenters. The zero-order chi connectivity index (χ0) is 42.8. The van der Waals surface area contributed by atoms with Crippen LogP contribution in [0.25, 0.3) is 153 Å². The van der Waals surface area contributed by atoms with Crippen LogP contribution in [-0.2, 0) is 0 Å². The minimum Gasteiger partial charge on any atom is -0.308 e. The number of nitrogens with zero attached hydrogens (tertiary/aromatic N) is 2. The predicted molar refractivity (Wildman–Crippen MR) is 282 cm³/mol. The van der Waals surface area contributed by atoms with Crippen molar-refractivity contribution in [1.29, 1.82) is 0 Å². The van der Waals surface area contributed by atoms with Gasteiger partial charge in [0.1, 0.15) is 0 Å². The fourth-order valence-electron chi connectivity index (χ4n) is 12.5. The van der Waals surface area contributed by atoms with Gasteiger partial charge in [-0.2, -0.15) is 0 Å². The third kappa shape index (κ3) is 4.36. The van der Waals surface area contributed by atoms with Crippen LogP contribution in [0.15, 0.2) is 218 Å². The SMILES string of the molecule is c1ccc2cc3cc(-c4c5cccc(-c6cccc7c6c6cccc8c9ccccc9n7c86)c5cc5c(-c6cccc7c6c6cccc8c9ccccc9n7c86)cccc45)ccc3cc2c1. The molecule has 12 aromatic carbocycles. The lowest BCUT2D eigenvalue weighted by molar-refractivity contribution is 1.37. The van der Waals surface area contributed by atoms with Gasteiger partial charge >= 0.3 is 0 Å². The smallest absolute Gasteiger partial charge is 0.0620 e. The van der Waals surface area contributed by atoms with E-state index in [1.54, 1.807) is 0 Å². The molecule has 16 aromatic rings. The molecule has 0 saturated carbocycles. The Morgan fingerprint density at radius 2 is 0.636 bits per heavy atom. The number of benzene rings is 12. The van der Waals surface area contributed by atoms with Crippen molar-refractivity contribution in [1.82, 2.24) is 8.80 Å². The van der Waals surface area contributed by atoms with Crippen LogP contribution >= 0.6 is 0 Å². The number of hydrogen-bond donors (Lipinski definition) is 0. The van der Waals surface area contributed by atoms with E-state index in [1.165, 1.54) is 153 Å². The molecule has 0 N–H and O–H groups in total. The third-order valence-electron chi connectivity index (χ3n) is 15.1. The maximum atomic E-state index is 2.52. The third-order valence-corrected chi connectivity index (χ3v) is 15.1. The second-order valence-electron chi connectivity index (χ2n) is 18.3. The average molecular weight is 833 g/mol. The van der Waals surface area contributed by atoms with E-state index in [1.807, 2.05) is 0 Å². The van der Waals surface area contributed by atoms with Gasteiger partial charge in [0.25, 0.3) is 0 Å². The van der Waals surface area contributed by atoms with E-state index < -0.39 is 0 Å². The molecule has 66 heavy (non-hydrogen) atoms. The van der Waals surface area contributed by atoms with E-state index in [4.69, 9.17) is 0 Å². The molecular formula is C64H36N2. The topological polar surface area (TPSA) is 8.82 Å². The van der Waals surface area contributed by atoms with E-state index >= 15 is 0 Å². The first-order valence-corrected chi connectivity index (χ1v) is 23.0. The minimum atomic E-state index is 1.22. The molecule has 4 aromatic heterocycles. The molecule has 302 valence electrons. The van der Waals surface area contributed by atoms with Crippen LogP contribution in [0.4, 0.5) is 0 Å². The molecular weight excluding hydrogens is 797 g/mol. The summed E-state index contributed by atoms with van der Waals surface area (Å²) in [6.07, 6.45) is 0. The molecule has 2 heteroatoms. The van der Waals surface area contributed by atoms with Crippen LogP contribution in [0.5, 0.6) is 0 Å². The molecule has 0 radical (unpaired) electrons. The van der Waals surface area contributed by atoms with Gasteiger partial charge in [0, 0.05) is 43.1 Å². The summed E-state index contributed by atoms with van der Waals surface area (Å²) in [6, 6.07) is 82.2. The van der Waals surface area contributed by atoms with E-state index in [-0.39, 0.29) is 0 Å². The molecule has 16 rings (SSSR count). The highest BCUT2D eigenvalue weighted by atomic mass is 14.9. The zero-order valence-corrected chi connectivity index (χ0v) is 35.7. The molecule has 0 amide bonds. The number of fused-ring (bicyclic) bond motifs is 16. The average Bonchev–Trinajstić information content (AvgIpc) is 4.11. The summed E-state index contributed by atoms with van der Waals surface area (Å²) in [5.41, 5.74) is 15.1. The summed E-state index contributed by atoms with van der Waals surface area (Å²) >= 11 is 0. The van der Waals surface area contributed by atoms with Gasteiger partial charge in [-0.25, -0.2) is 0 Å². The van der Waals surface area contributed by atoms with Gasteiger partial charge in [0.2, 0.25) is 0 Å². The Morgan fingerprint density at radius 3 is 1.21 bits per heavy atom. The monoisotopic (exact) mass is 832 g/mol. The van der Waals surface area contributed by atoms with Gasteiger partial charge in [-0.1, -0.05) is 170 Å². The summed E-state index contributed by atoms with van der Waals surface area (Å²) in [6.45, 7) is 0. The molecule has 0 aliphatic rings. The van der Waals surface area contributed by atoms with Gasteiger partial charge in [-0.3, -0.25) is 0 Å². The lowest BCUT2D eigenvalue weighted by Crippen LogP contribution is -1.92. The first kappa shape index (κ1) is 34.7. The number of aromatic nitrogens is 2. The highest BCUT2D eigenvalue weighted by Gasteiger charge is 2.24. The van der Waals surface area contributed by atoms with Crippen LogP contribution in [0.2, 0.25) is 0 Å². The Morgan fingerprint density at radius 1 is 0.227 bits per heavy atom. The maximum absolute atomic E-state index is 2.52. The molecule has 0 bridgehead atoms. The molecule has 4 heterocycles. The van der Waals surface area contributed by atoms with E-state index in [0.29, 0.717) is 0 Å². The molecule has 0 atom stereocenters. The lowest BCUT2D eigenvalue weighted by atomic mass is 9.85. The minimum absolute atomic E-state index is 1.22. The van der Waals surface area contributed by atoms with Crippen LogP contribution in [-0.4, -0.2) is 8.80 Å². The van der Waals surface area contributed by atoms with Crippen molar-refractivity contribution < 1.29 is 0 Å². The van der Waals surface area contributed by atoms with Crippen molar-refractivity contribution in [2.75, 3.05) is 0 Å². The molecule has 0 aliphatic heterocycles. The number of para-hydroxylation sites is 4. The Balaban J connectivity index is 1.04. The first-order chi connectivity index (χ1) is 32.8. The highest BCUT2D eigenvalue weighted by molar-refractivity contribution is 6.30. The van der Waals surface area contributed by atoms with Crippen molar-refractivity contribution in [2.45, 2.75) is 0 Å². The molecule has 0 aliphatic carbocycles. The molecule has 0 fully saturated rings. The van der Waals surface area contributed by atoms with Crippen LogP contribution < -0.4 is 0 Å². The summed E-state index contributed by atoms with van der Waals surface area (Å²) in [4.78, 5) is 0. The predicted octanol–water partition coefficient (Wildman–Crippen LogP) is 17.6. The van der Waals surface area contributed by atoms with Gasteiger partial charge in [-0.15, -0.1) is 0 Å².